The van der Waals surface area contributed by atoms with Crippen LogP contribution in [0, 0.1) is 0 Å². The maximum absolute atomic E-state index is 11.3. The van der Waals surface area contributed by atoms with Crippen molar-refractivity contribution in [3.05, 3.63) is 20.8 Å². The van der Waals surface area contributed by atoms with Gasteiger partial charge in [0.2, 0.25) is 0 Å². The van der Waals surface area contributed by atoms with Gasteiger partial charge in [-0.1, -0.05) is 0 Å². The standard InChI is InChI=1S/C10H13BrN2O4S/c11-8-2-1-6(18-8)5-13-10(17)12-4-3-7(14)9(15)16/h1-2,7,14H,3-5H2,(H,15,16)(H2,12,13,17)/t7-/m0/s1. The monoisotopic (exact) mass is 336 g/mol. The summed E-state index contributed by atoms with van der Waals surface area (Å²) >= 11 is 4.84. The molecule has 0 unspecified atom stereocenters. The molecule has 2 amide bonds. The van der Waals surface area contributed by atoms with Gasteiger partial charge in [-0.2, -0.15) is 0 Å². The lowest BCUT2D eigenvalue weighted by atomic mass is 10.2. The molecule has 1 heterocycles. The van der Waals surface area contributed by atoms with Crippen LogP contribution < -0.4 is 10.6 Å². The number of carbonyl (C=O) groups is 2. The van der Waals surface area contributed by atoms with Crippen molar-refractivity contribution in [1.29, 1.82) is 0 Å². The van der Waals surface area contributed by atoms with Crippen molar-refractivity contribution < 1.29 is 19.8 Å². The summed E-state index contributed by atoms with van der Waals surface area (Å²) in [5, 5.41) is 22.5. The Morgan fingerprint density at radius 3 is 2.67 bits per heavy atom. The zero-order chi connectivity index (χ0) is 13.5. The van der Waals surface area contributed by atoms with E-state index in [4.69, 9.17) is 10.2 Å². The molecule has 0 saturated carbocycles. The van der Waals surface area contributed by atoms with Gasteiger partial charge in [0.15, 0.2) is 6.10 Å². The van der Waals surface area contributed by atoms with Gasteiger partial charge in [-0.05, 0) is 28.1 Å². The molecule has 0 radical (unpaired) electrons. The molecule has 8 heteroatoms. The van der Waals surface area contributed by atoms with Crippen LogP contribution in [0.1, 0.15) is 11.3 Å². The third-order valence-corrected chi connectivity index (χ3v) is 3.66. The Morgan fingerprint density at radius 1 is 1.39 bits per heavy atom. The van der Waals surface area contributed by atoms with Gasteiger partial charge < -0.3 is 20.8 Å². The molecule has 4 N–H and O–H groups in total. The van der Waals surface area contributed by atoms with E-state index < -0.39 is 18.1 Å². The Morgan fingerprint density at radius 2 is 2.11 bits per heavy atom. The summed E-state index contributed by atoms with van der Waals surface area (Å²) in [6.07, 6.45) is -1.47. The van der Waals surface area contributed by atoms with Crippen LogP contribution >= 0.6 is 27.3 Å². The number of hydrogen-bond donors (Lipinski definition) is 4. The van der Waals surface area contributed by atoms with Crippen LogP contribution in [0.2, 0.25) is 0 Å². The topological polar surface area (TPSA) is 98.7 Å². The van der Waals surface area contributed by atoms with E-state index in [1.165, 1.54) is 11.3 Å². The van der Waals surface area contributed by atoms with E-state index in [9.17, 15) is 9.59 Å². The lowest BCUT2D eigenvalue weighted by Gasteiger charge is -2.08. The molecule has 0 bridgehead atoms. The second kappa shape index (κ2) is 7.34. The maximum atomic E-state index is 11.3. The molecule has 1 atom stereocenters. The third-order valence-electron chi connectivity index (χ3n) is 2.04. The van der Waals surface area contributed by atoms with Gasteiger partial charge in [0, 0.05) is 17.8 Å². The Bertz CT molecular complexity index is 424. The van der Waals surface area contributed by atoms with E-state index in [2.05, 4.69) is 26.6 Å². The highest BCUT2D eigenvalue weighted by molar-refractivity contribution is 9.11. The van der Waals surface area contributed by atoms with E-state index in [1.807, 2.05) is 12.1 Å². The summed E-state index contributed by atoms with van der Waals surface area (Å²) in [6, 6.07) is 3.39. The molecule has 0 fully saturated rings. The summed E-state index contributed by atoms with van der Waals surface area (Å²) in [4.78, 5) is 22.6. The minimum atomic E-state index is -1.45. The predicted octanol–water partition coefficient (Wildman–Crippen LogP) is 1.15. The van der Waals surface area contributed by atoms with Crippen LogP contribution in [0.15, 0.2) is 15.9 Å². The van der Waals surface area contributed by atoms with Gasteiger partial charge in [-0.3, -0.25) is 0 Å². The minimum absolute atomic E-state index is 0.0205. The van der Waals surface area contributed by atoms with Gasteiger partial charge in [-0.15, -0.1) is 11.3 Å². The maximum Gasteiger partial charge on any atom is 0.332 e. The first kappa shape index (κ1) is 14.9. The molecular weight excluding hydrogens is 324 g/mol. The number of carbonyl (C=O) groups excluding carboxylic acids is 1. The van der Waals surface area contributed by atoms with Crippen LogP contribution in [0.25, 0.3) is 0 Å². The number of thiophene rings is 1. The van der Waals surface area contributed by atoms with E-state index in [-0.39, 0.29) is 13.0 Å². The van der Waals surface area contributed by atoms with Gasteiger partial charge >= 0.3 is 12.0 Å². The number of carboxylic acids is 1. The Hall–Kier alpha value is -1.12. The van der Waals surface area contributed by atoms with Gasteiger partial charge in [0.25, 0.3) is 0 Å². The molecule has 0 aliphatic heterocycles. The third kappa shape index (κ3) is 5.48. The van der Waals surface area contributed by atoms with Crippen LogP contribution in [-0.2, 0) is 11.3 Å². The van der Waals surface area contributed by atoms with Crippen molar-refractivity contribution in [1.82, 2.24) is 10.6 Å². The molecule has 0 aromatic carbocycles. The van der Waals surface area contributed by atoms with Gasteiger partial charge in [0.05, 0.1) is 10.3 Å². The highest BCUT2D eigenvalue weighted by atomic mass is 79.9. The highest BCUT2D eigenvalue weighted by Crippen LogP contribution is 2.21. The lowest BCUT2D eigenvalue weighted by molar-refractivity contribution is -0.146. The number of rotatable bonds is 6. The first-order chi connectivity index (χ1) is 8.49. The number of aliphatic carboxylic acids is 1. The molecule has 1 rings (SSSR count). The Labute approximate surface area is 116 Å². The molecule has 0 saturated heterocycles. The van der Waals surface area contributed by atoms with E-state index in [1.54, 1.807) is 0 Å². The summed E-state index contributed by atoms with van der Waals surface area (Å²) in [5.41, 5.74) is 0. The Balaban J connectivity index is 2.16. The molecule has 1 aromatic rings. The molecule has 1 aromatic heterocycles. The number of hydrogen-bond acceptors (Lipinski definition) is 4. The molecule has 6 nitrogen and oxygen atoms in total. The SMILES string of the molecule is O=C(NCC[C@H](O)C(=O)O)NCc1ccc(Br)s1. The van der Waals surface area contributed by atoms with Crippen molar-refractivity contribution in [3.8, 4) is 0 Å². The number of carboxylic acid groups (broad SMARTS) is 1. The quantitative estimate of drug-likeness (QED) is 0.626. The zero-order valence-electron chi connectivity index (χ0n) is 9.35. The number of aliphatic hydroxyl groups is 1. The van der Waals surface area contributed by atoms with Crippen LogP contribution in [0.5, 0.6) is 0 Å². The van der Waals surface area contributed by atoms with E-state index >= 15 is 0 Å². The van der Waals surface area contributed by atoms with Crippen LogP contribution in [-0.4, -0.2) is 34.9 Å². The smallest absolute Gasteiger partial charge is 0.332 e. The molecular formula is C10H13BrN2O4S. The molecule has 0 aliphatic rings. The van der Waals surface area contributed by atoms with Crippen molar-refractivity contribution in [2.75, 3.05) is 6.54 Å². The number of aliphatic hydroxyl groups excluding tert-OH is 1. The first-order valence-corrected chi connectivity index (χ1v) is 6.77. The molecule has 18 heavy (non-hydrogen) atoms. The molecule has 100 valence electrons. The average Bonchev–Trinajstić information content (AvgIpc) is 2.72. The summed E-state index contributed by atoms with van der Waals surface area (Å²) in [6.45, 7) is 0.511. The van der Waals surface area contributed by atoms with Crippen molar-refractivity contribution in [3.63, 3.8) is 0 Å². The van der Waals surface area contributed by atoms with Crippen molar-refractivity contribution in [2.24, 2.45) is 0 Å². The second-order valence-corrected chi connectivity index (χ2v) is 6.01. The summed E-state index contributed by atoms with van der Waals surface area (Å²) < 4.78 is 0.990. The van der Waals surface area contributed by atoms with Crippen molar-refractivity contribution >= 4 is 39.3 Å². The lowest BCUT2D eigenvalue weighted by Crippen LogP contribution is -2.37. The fourth-order valence-electron chi connectivity index (χ4n) is 1.12. The van der Waals surface area contributed by atoms with Crippen LogP contribution in [0.3, 0.4) is 0 Å². The average molecular weight is 337 g/mol. The molecule has 0 aliphatic carbocycles. The first-order valence-electron chi connectivity index (χ1n) is 5.16. The minimum Gasteiger partial charge on any atom is -0.479 e. The van der Waals surface area contributed by atoms with Gasteiger partial charge in [-0.25, -0.2) is 9.59 Å². The van der Waals surface area contributed by atoms with Gasteiger partial charge in [0.1, 0.15) is 0 Å². The second-order valence-electron chi connectivity index (χ2n) is 3.46. The highest BCUT2D eigenvalue weighted by Gasteiger charge is 2.12. The van der Waals surface area contributed by atoms with E-state index in [0.29, 0.717) is 6.54 Å². The molecule has 0 spiro atoms. The van der Waals surface area contributed by atoms with Crippen LogP contribution in [0.4, 0.5) is 4.79 Å². The number of amides is 2. The summed E-state index contributed by atoms with van der Waals surface area (Å²) in [7, 11) is 0. The largest absolute Gasteiger partial charge is 0.479 e. The fourth-order valence-corrected chi connectivity index (χ4v) is 2.55. The van der Waals surface area contributed by atoms with Crippen molar-refractivity contribution in [2.45, 2.75) is 19.1 Å². The zero-order valence-corrected chi connectivity index (χ0v) is 11.8. The fraction of sp³-hybridized carbons (Fsp3) is 0.400. The van der Waals surface area contributed by atoms with E-state index in [0.717, 1.165) is 8.66 Å². The number of halogens is 1. The number of urea groups is 1. The normalized spacial score (nSPS) is 11.9. The predicted molar refractivity (Wildman–Crippen MR) is 70.5 cm³/mol. The number of nitrogens with one attached hydrogen (secondary N) is 2. The summed E-state index contributed by atoms with van der Waals surface area (Å²) in [5.74, 6) is -1.29. The Kier molecular flexibility index (Phi) is 6.10.